The predicted molar refractivity (Wildman–Crippen MR) is 149 cm³/mol. The van der Waals surface area contributed by atoms with E-state index in [2.05, 4.69) is 5.32 Å². The number of alkyl halides is 1. The number of anilines is 1. The van der Waals surface area contributed by atoms with Gasteiger partial charge in [0.25, 0.3) is 10.0 Å². The Hall–Kier alpha value is -3.21. The maximum atomic E-state index is 15.6. The zero-order valence-corrected chi connectivity index (χ0v) is 23.3. The Bertz CT molecular complexity index is 1420. The van der Waals surface area contributed by atoms with Gasteiger partial charge in [0.05, 0.1) is 37.5 Å². The lowest BCUT2D eigenvalue weighted by atomic mass is 9.95. The van der Waals surface area contributed by atoms with Crippen LogP contribution in [0.2, 0.25) is 0 Å². The molecule has 214 valence electrons. The van der Waals surface area contributed by atoms with Crippen LogP contribution in [0.4, 0.5) is 14.5 Å². The number of nitrogens with zero attached hydrogens (tertiary/aromatic N) is 1. The number of benzene rings is 3. The third-order valence-electron chi connectivity index (χ3n) is 7.50. The number of nitrogens with one attached hydrogen (secondary N) is 1. The van der Waals surface area contributed by atoms with E-state index in [1.807, 2.05) is 6.07 Å². The van der Waals surface area contributed by atoms with Crippen LogP contribution in [0.3, 0.4) is 0 Å². The van der Waals surface area contributed by atoms with Gasteiger partial charge in [0, 0.05) is 19.2 Å². The summed E-state index contributed by atoms with van der Waals surface area (Å²) in [5, 5.41) is 3.28. The smallest absolute Gasteiger partial charge is 0.264 e. The van der Waals surface area contributed by atoms with Crippen LogP contribution >= 0.6 is 0 Å². The molecule has 0 bridgehead atoms. The third kappa shape index (κ3) is 6.40. The molecule has 1 unspecified atom stereocenters. The van der Waals surface area contributed by atoms with Crippen LogP contribution in [-0.4, -0.2) is 48.1 Å². The Labute approximate surface area is 234 Å². The number of fused-ring (bicyclic) bond motifs is 1. The molecule has 1 fully saturated rings. The maximum Gasteiger partial charge on any atom is 0.264 e. The van der Waals surface area contributed by atoms with Gasteiger partial charge in [-0.2, -0.15) is 0 Å². The summed E-state index contributed by atoms with van der Waals surface area (Å²) in [4.78, 5) is 0.110. The minimum absolute atomic E-state index is 0.0796. The van der Waals surface area contributed by atoms with E-state index >= 15 is 4.39 Å². The predicted octanol–water partition coefficient (Wildman–Crippen LogP) is 5.02. The van der Waals surface area contributed by atoms with Gasteiger partial charge < -0.3 is 19.5 Å². The normalized spacial score (nSPS) is 19.1. The maximum absolute atomic E-state index is 15.6. The third-order valence-corrected chi connectivity index (χ3v) is 9.26. The van der Waals surface area contributed by atoms with Crippen molar-refractivity contribution in [3.63, 3.8) is 0 Å². The minimum atomic E-state index is -4.13. The monoisotopic (exact) mass is 572 g/mol. The van der Waals surface area contributed by atoms with Crippen molar-refractivity contribution >= 4 is 15.7 Å². The lowest BCUT2D eigenvalue weighted by Crippen LogP contribution is -2.32. The summed E-state index contributed by atoms with van der Waals surface area (Å²) in [6.07, 6.45) is 0.789. The van der Waals surface area contributed by atoms with Crippen molar-refractivity contribution in [3.05, 3.63) is 83.2 Å². The molecule has 1 saturated heterocycles. The minimum Gasteiger partial charge on any atom is -0.497 e. The number of sulfonamides is 1. The van der Waals surface area contributed by atoms with Crippen LogP contribution in [0.1, 0.15) is 29.5 Å². The van der Waals surface area contributed by atoms with Crippen LogP contribution in [0.15, 0.2) is 65.6 Å². The first-order valence-electron chi connectivity index (χ1n) is 13.5. The topological polar surface area (TPSA) is 77.1 Å². The Morgan fingerprint density at radius 3 is 2.60 bits per heavy atom. The standard InChI is InChI=1S/C30H34F2N2O5S/c1-37-25-5-2-21(3-6-25)19-34(40(35,36)27-8-4-24-18-33-13-10-23(24)16-27)30-9-7-26(17-28(30)31)39-15-12-22-11-14-38-20-29(22)32/h2-9,16-17,22,29,33H,10-15,18-20H2,1H3/t22?,29-/m0/s1. The second kappa shape index (κ2) is 12.5. The molecule has 0 saturated carbocycles. The zero-order chi connectivity index (χ0) is 28.1. The molecule has 1 N–H and O–H groups in total. The molecule has 0 spiro atoms. The number of halogens is 2. The summed E-state index contributed by atoms with van der Waals surface area (Å²) >= 11 is 0. The van der Waals surface area contributed by atoms with E-state index in [9.17, 15) is 12.8 Å². The van der Waals surface area contributed by atoms with Crippen molar-refractivity contribution in [3.8, 4) is 11.5 Å². The van der Waals surface area contributed by atoms with E-state index in [1.54, 1.807) is 49.6 Å². The first-order valence-corrected chi connectivity index (χ1v) is 14.9. The molecule has 40 heavy (non-hydrogen) atoms. The van der Waals surface area contributed by atoms with Crippen LogP contribution in [0.25, 0.3) is 0 Å². The highest BCUT2D eigenvalue weighted by atomic mass is 32.2. The molecule has 2 aliphatic rings. The molecule has 2 atom stereocenters. The lowest BCUT2D eigenvalue weighted by molar-refractivity contribution is -0.00749. The Morgan fingerprint density at radius 2 is 1.85 bits per heavy atom. The molecular formula is C30H34F2N2O5S. The van der Waals surface area contributed by atoms with Crippen molar-refractivity contribution in [2.45, 2.75) is 43.4 Å². The Kier molecular flexibility index (Phi) is 8.87. The Balaban J connectivity index is 1.41. The van der Waals surface area contributed by atoms with E-state index in [0.717, 1.165) is 22.0 Å². The van der Waals surface area contributed by atoms with E-state index in [1.165, 1.54) is 12.1 Å². The van der Waals surface area contributed by atoms with E-state index in [-0.39, 0.29) is 42.0 Å². The molecule has 0 aromatic heterocycles. The molecule has 0 amide bonds. The molecule has 0 radical (unpaired) electrons. The lowest BCUT2D eigenvalue weighted by Gasteiger charge is -2.27. The van der Waals surface area contributed by atoms with Gasteiger partial charge in [-0.25, -0.2) is 17.2 Å². The highest BCUT2D eigenvalue weighted by molar-refractivity contribution is 7.92. The fraction of sp³-hybridized carbons (Fsp3) is 0.400. The molecule has 2 aliphatic heterocycles. The quantitative estimate of drug-likeness (QED) is 0.368. The SMILES string of the molecule is COc1ccc(CN(c2ccc(OCCC3CCOC[C@@H]3F)cc2F)S(=O)(=O)c2ccc3c(c2)CCNC3)cc1. The summed E-state index contributed by atoms with van der Waals surface area (Å²) in [6, 6.07) is 16.2. The molecule has 2 heterocycles. The largest absolute Gasteiger partial charge is 0.497 e. The van der Waals surface area contributed by atoms with E-state index in [0.29, 0.717) is 43.7 Å². The number of ether oxygens (including phenoxy) is 3. The van der Waals surface area contributed by atoms with Crippen molar-refractivity contribution < 1.29 is 31.4 Å². The number of hydrogen-bond acceptors (Lipinski definition) is 6. The van der Waals surface area contributed by atoms with Crippen LogP contribution in [-0.2, 0) is 34.3 Å². The molecule has 10 heteroatoms. The van der Waals surface area contributed by atoms with Gasteiger partial charge in [0.15, 0.2) is 5.82 Å². The van der Waals surface area contributed by atoms with E-state index in [4.69, 9.17) is 14.2 Å². The molecular weight excluding hydrogens is 538 g/mol. The summed E-state index contributed by atoms with van der Waals surface area (Å²) in [6.45, 7) is 2.21. The molecule has 3 aromatic rings. The molecule has 7 nitrogen and oxygen atoms in total. The van der Waals surface area contributed by atoms with E-state index < -0.39 is 22.0 Å². The highest BCUT2D eigenvalue weighted by Crippen LogP contribution is 2.32. The van der Waals surface area contributed by atoms with Gasteiger partial charge >= 0.3 is 0 Å². The average Bonchev–Trinajstić information content (AvgIpc) is 2.97. The Morgan fingerprint density at radius 1 is 1.05 bits per heavy atom. The van der Waals surface area contributed by atoms with Crippen molar-refractivity contribution in [2.75, 3.05) is 37.8 Å². The number of hydrogen-bond donors (Lipinski definition) is 1. The van der Waals surface area contributed by atoms with Crippen molar-refractivity contribution in [2.24, 2.45) is 5.92 Å². The van der Waals surface area contributed by atoms with Gasteiger partial charge in [-0.05, 0) is 84.8 Å². The summed E-state index contributed by atoms with van der Waals surface area (Å²) in [7, 11) is -2.58. The first-order chi connectivity index (χ1) is 19.3. The number of methoxy groups -OCH3 is 1. The van der Waals surface area contributed by atoms with Gasteiger partial charge in [-0.3, -0.25) is 4.31 Å². The second-order valence-electron chi connectivity index (χ2n) is 10.1. The van der Waals surface area contributed by atoms with Gasteiger partial charge in [0.1, 0.15) is 17.7 Å². The highest BCUT2D eigenvalue weighted by Gasteiger charge is 2.29. The van der Waals surface area contributed by atoms with Crippen LogP contribution in [0, 0.1) is 11.7 Å². The fourth-order valence-electron chi connectivity index (χ4n) is 5.12. The van der Waals surface area contributed by atoms with Gasteiger partial charge in [0.2, 0.25) is 0 Å². The van der Waals surface area contributed by atoms with Crippen molar-refractivity contribution in [1.29, 1.82) is 0 Å². The van der Waals surface area contributed by atoms with Crippen molar-refractivity contribution in [1.82, 2.24) is 5.32 Å². The molecule has 0 aliphatic carbocycles. The summed E-state index contributed by atoms with van der Waals surface area (Å²) in [5.74, 6) is 0.00217. The molecule has 5 rings (SSSR count). The second-order valence-corrected chi connectivity index (χ2v) is 12.0. The zero-order valence-electron chi connectivity index (χ0n) is 22.4. The fourth-order valence-corrected chi connectivity index (χ4v) is 6.63. The molecule has 3 aromatic carbocycles. The number of rotatable bonds is 10. The van der Waals surface area contributed by atoms with Crippen LogP contribution < -0.4 is 19.1 Å². The summed E-state index contributed by atoms with van der Waals surface area (Å²) in [5.41, 5.74) is 2.60. The van der Waals surface area contributed by atoms with Gasteiger partial charge in [-0.1, -0.05) is 18.2 Å². The summed E-state index contributed by atoms with van der Waals surface area (Å²) < 4.78 is 74.8. The van der Waals surface area contributed by atoms with Gasteiger partial charge in [-0.15, -0.1) is 0 Å². The average molecular weight is 573 g/mol. The van der Waals surface area contributed by atoms with Crippen LogP contribution in [0.5, 0.6) is 11.5 Å². The first kappa shape index (κ1) is 28.3.